The van der Waals surface area contributed by atoms with Gasteiger partial charge in [-0.2, -0.15) is 0 Å². The van der Waals surface area contributed by atoms with Gasteiger partial charge in [-0.3, -0.25) is 0 Å². The lowest BCUT2D eigenvalue weighted by molar-refractivity contribution is -0.142. The van der Waals surface area contributed by atoms with Crippen molar-refractivity contribution in [2.75, 3.05) is 13.2 Å². The number of aliphatic hydroxyl groups excluding tert-OH is 2. The average Bonchev–Trinajstić information content (AvgIpc) is 2.25. The summed E-state index contributed by atoms with van der Waals surface area (Å²) in [5.41, 5.74) is 0.273. The normalized spacial score (nSPS) is 10.4. The van der Waals surface area contributed by atoms with Crippen LogP contribution < -0.4 is 0 Å². The molecular formula is C10H16O6. The molecule has 0 rings (SSSR count). The van der Waals surface area contributed by atoms with Gasteiger partial charge in [0.2, 0.25) is 0 Å². The van der Waals surface area contributed by atoms with Crippen LogP contribution >= 0.6 is 0 Å². The van der Waals surface area contributed by atoms with E-state index in [4.69, 9.17) is 15.3 Å². The Balaban J connectivity index is 0. The van der Waals surface area contributed by atoms with Crippen molar-refractivity contribution in [2.24, 2.45) is 0 Å². The largest absolute Gasteiger partial charge is 0.478 e. The Hall–Kier alpha value is -1.66. The number of aliphatic carboxylic acids is 1. The Labute approximate surface area is 93.5 Å². The van der Waals surface area contributed by atoms with Crippen molar-refractivity contribution in [1.82, 2.24) is 0 Å². The molecule has 3 N–H and O–H groups in total. The van der Waals surface area contributed by atoms with Gasteiger partial charge in [0, 0.05) is 11.6 Å². The van der Waals surface area contributed by atoms with Gasteiger partial charge in [0.05, 0.1) is 6.61 Å². The predicted octanol–water partition coefficient (Wildman–Crippen LogP) is -0.284. The van der Waals surface area contributed by atoms with Crippen LogP contribution in [0.15, 0.2) is 24.8 Å². The summed E-state index contributed by atoms with van der Waals surface area (Å²) in [6.07, 6.45) is -0.168. The highest BCUT2D eigenvalue weighted by atomic mass is 16.5. The molecule has 0 aromatic carbocycles. The number of esters is 1. The topological polar surface area (TPSA) is 104 Å². The number of carbonyl (C=O) groups is 2. The van der Waals surface area contributed by atoms with Crippen LogP contribution in [-0.2, 0) is 14.3 Å². The average molecular weight is 232 g/mol. The number of aliphatic hydroxyl groups is 2. The minimum atomic E-state index is -1.00. The third kappa shape index (κ3) is 12.3. The quantitative estimate of drug-likeness (QED) is 0.444. The Morgan fingerprint density at radius 2 is 1.94 bits per heavy atom. The molecule has 0 aliphatic rings. The molecule has 0 heterocycles. The van der Waals surface area contributed by atoms with Crippen LogP contribution in [0.3, 0.4) is 0 Å². The fourth-order valence-corrected chi connectivity index (χ4v) is 0.348. The second-order valence-corrected chi connectivity index (χ2v) is 2.76. The molecule has 0 spiro atoms. The molecule has 6 heteroatoms. The first-order chi connectivity index (χ1) is 7.34. The van der Waals surface area contributed by atoms with Crippen LogP contribution in [0, 0.1) is 0 Å². The lowest BCUT2D eigenvalue weighted by Crippen LogP contribution is -2.22. The van der Waals surface area contributed by atoms with Crippen LogP contribution in [0.2, 0.25) is 0 Å². The summed E-state index contributed by atoms with van der Waals surface area (Å²) in [4.78, 5) is 19.9. The molecule has 0 radical (unpaired) electrons. The summed E-state index contributed by atoms with van der Waals surface area (Å²) in [5.74, 6) is -1.54. The first kappa shape index (κ1) is 16.8. The zero-order chi connectivity index (χ0) is 13.1. The molecule has 0 saturated carbocycles. The smallest absolute Gasteiger partial charge is 0.333 e. The summed E-state index contributed by atoms with van der Waals surface area (Å²) < 4.78 is 4.51. The molecule has 1 atom stereocenters. The van der Waals surface area contributed by atoms with Crippen LogP contribution in [0.5, 0.6) is 0 Å². The molecular weight excluding hydrogens is 216 g/mol. The molecule has 0 saturated heterocycles. The third-order valence-corrected chi connectivity index (χ3v) is 1.14. The van der Waals surface area contributed by atoms with Crippen LogP contribution in [0.25, 0.3) is 0 Å². The number of carboxylic acids is 1. The van der Waals surface area contributed by atoms with Crippen molar-refractivity contribution in [3.63, 3.8) is 0 Å². The summed E-state index contributed by atoms with van der Waals surface area (Å²) >= 11 is 0. The highest BCUT2D eigenvalue weighted by Gasteiger charge is 2.07. The maximum atomic E-state index is 10.6. The summed E-state index contributed by atoms with van der Waals surface area (Å²) in [6, 6.07) is 0. The summed E-state index contributed by atoms with van der Waals surface area (Å²) in [7, 11) is 0. The van der Waals surface area contributed by atoms with Crippen molar-refractivity contribution >= 4 is 11.9 Å². The van der Waals surface area contributed by atoms with Crippen molar-refractivity contribution in [3.8, 4) is 0 Å². The van der Waals surface area contributed by atoms with Gasteiger partial charge in [-0.05, 0) is 6.92 Å². The standard InChI is InChI=1S/C7H12O4.C3H4O2/c1-5(2)7(10)11-4-6(9)3-8;1-2-3(4)5/h6,8-9H,1,3-4H2,2H3;2H,1H2,(H,4,5). The Kier molecular flexibility index (Phi) is 10.3. The van der Waals surface area contributed by atoms with Gasteiger partial charge in [0.15, 0.2) is 0 Å². The number of carboxylic acid groups (broad SMARTS) is 1. The lowest BCUT2D eigenvalue weighted by atomic mass is 10.3. The van der Waals surface area contributed by atoms with Crippen molar-refractivity contribution < 1.29 is 29.6 Å². The van der Waals surface area contributed by atoms with Crippen LogP contribution in [-0.4, -0.2) is 46.6 Å². The third-order valence-electron chi connectivity index (χ3n) is 1.14. The van der Waals surface area contributed by atoms with Crippen molar-refractivity contribution in [1.29, 1.82) is 0 Å². The van der Waals surface area contributed by atoms with Gasteiger partial charge in [-0.1, -0.05) is 13.2 Å². The lowest BCUT2D eigenvalue weighted by Gasteiger charge is -2.07. The van der Waals surface area contributed by atoms with Gasteiger partial charge >= 0.3 is 11.9 Å². The van der Waals surface area contributed by atoms with Gasteiger partial charge in [0.25, 0.3) is 0 Å². The summed E-state index contributed by atoms with van der Waals surface area (Å²) in [5, 5.41) is 24.7. The second-order valence-electron chi connectivity index (χ2n) is 2.76. The highest BCUT2D eigenvalue weighted by molar-refractivity contribution is 5.86. The molecule has 92 valence electrons. The SMILES string of the molecule is C=C(C)C(=O)OCC(O)CO.C=CC(=O)O. The second kappa shape index (κ2) is 9.88. The zero-order valence-corrected chi connectivity index (χ0v) is 9.05. The Morgan fingerprint density at radius 1 is 1.50 bits per heavy atom. The fourth-order valence-electron chi connectivity index (χ4n) is 0.348. The first-order valence-electron chi connectivity index (χ1n) is 4.32. The van der Waals surface area contributed by atoms with E-state index in [-0.39, 0.29) is 12.2 Å². The predicted molar refractivity (Wildman–Crippen MR) is 56.7 cm³/mol. The molecule has 1 unspecified atom stereocenters. The molecule has 0 aromatic rings. The molecule has 16 heavy (non-hydrogen) atoms. The fraction of sp³-hybridized carbons (Fsp3) is 0.400. The molecule has 0 bridgehead atoms. The van der Waals surface area contributed by atoms with Gasteiger partial charge < -0.3 is 20.1 Å². The van der Waals surface area contributed by atoms with Crippen LogP contribution in [0.1, 0.15) is 6.92 Å². The molecule has 0 aliphatic heterocycles. The minimum absolute atomic E-state index is 0.192. The minimum Gasteiger partial charge on any atom is -0.478 e. The van der Waals surface area contributed by atoms with Gasteiger partial charge in [-0.15, -0.1) is 0 Å². The number of hydrogen-bond acceptors (Lipinski definition) is 5. The number of rotatable bonds is 5. The Bertz CT molecular complexity index is 258. The number of ether oxygens (including phenoxy) is 1. The molecule has 0 amide bonds. The molecule has 6 nitrogen and oxygen atoms in total. The summed E-state index contributed by atoms with van der Waals surface area (Å²) in [6.45, 7) is 7.20. The first-order valence-corrected chi connectivity index (χ1v) is 4.32. The molecule has 0 aromatic heterocycles. The van der Waals surface area contributed by atoms with E-state index in [0.717, 1.165) is 6.08 Å². The van der Waals surface area contributed by atoms with E-state index in [2.05, 4.69) is 17.9 Å². The van der Waals surface area contributed by atoms with Gasteiger partial charge in [-0.25, -0.2) is 9.59 Å². The van der Waals surface area contributed by atoms with Crippen molar-refractivity contribution in [2.45, 2.75) is 13.0 Å². The van der Waals surface area contributed by atoms with Crippen molar-refractivity contribution in [3.05, 3.63) is 24.8 Å². The molecule has 0 aliphatic carbocycles. The van der Waals surface area contributed by atoms with E-state index in [0.29, 0.717) is 0 Å². The van der Waals surface area contributed by atoms with E-state index >= 15 is 0 Å². The van der Waals surface area contributed by atoms with Gasteiger partial charge in [0.1, 0.15) is 12.7 Å². The molecule has 0 fully saturated rings. The maximum absolute atomic E-state index is 10.6. The number of hydrogen-bond donors (Lipinski definition) is 3. The van der Waals surface area contributed by atoms with E-state index < -0.39 is 24.6 Å². The number of carbonyl (C=O) groups excluding carboxylic acids is 1. The Morgan fingerprint density at radius 3 is 2.19 bits per heavy atom. The van der Waals surface area contributed by atoms with E-state index in [1.807, 2.05) is 0 Å². The van der Waals surface area contributed by atoms with E-state index in [1.54, 1.807) is 0 Å². The monoisotopic (exact) mass is 232 g/mol. The van der Waals surface area contributed by atoms with E-state index in [9.17, 15) is 9.59 Å². The van der Waals surface area contributed by atoms with Crippen LogP contribution in [0.4, 0.5) is 0 Å². The maximum Gasteiger partial charge on any atom is 0.333 e. The highest BCUT2D eigenvalue weighted by Crippen LogP contribution is 1.93. The zero-order valence-electron chi connectivity index (χ0n) is 9.05. The van der Waals surface area contributed by atoms with E-state index in [1.165, 1.54) is 6.92 Å².